The second-order valence-corrected chi connectivity index (χ2v) is 7.68. The van der Waals surface area contributed by atoms with Crippen molar-refractivity contribution in [3.8, 4) is 0 Å². The van der Waals surface area contributed by atoms with Crippen molar-refractivity contribution in [1.29, 1.82) is 0 Å². The molecule has 1 N–H and O–H groups in total. The number of carbonyl (C=O) groups excluding carboxylic acids is 1. The van der Waals surface area contributed by atoms with Crippen LogP contribution >= 0.6 is 0 Å². The molecule has 2 saturated heterocycles. The zero-order valence-electron chi connectivity index (χ0n) is 15.6. The molecule has 6 atom stereocenters. The molecule has 3 aliphatic rings. The minimum atomic E-state index is -1.07. The van der Waals surface area contributed by atoms with Crippen molar-refractivity contribution in [3.05, 3.63) is 0 Å². The molecule has 2 heterocycles. The summed E-state index contributed by atoms with van der Waals surface area (Å²) >= 11 is 0. The Labute approximate surface area is 151 Å². The largest absolute Gasteiger partial charge is 0.481 e. The minimum absolute atomic E-state index is 0.235. The molecule has 0 aromatic rings. The predicted molar refractivity (Wildman–Crippen MR) is 85.2 cm³/mol. The molecule has 3 fully saturated rings. The van der Waals surface area contributed by atoms with Gasteiger partial charge in [0.15, 0.2) is 17.7 Å². The van der Waals surface area contributed by atoms with Gasteiger partial charge in [0.2, 0.25) is 0 Å². The van der Waals surface area contributed by atoms with Gasteiger partial charge in [-0.05, 0) is 27.7 Å². The molecule has 0 amide bonds. The first-order valence-electron chi connectivity index (χ1n) is 8.68. The van der Waals surface area contributed by atoms with E-state index in [9.17, 15) is 9.59 Å². The SMILES string of the molecule is COC1C(OC(=O)CCC(=O)O)C2OC(C)(C)OC2C2OC(C)(C)OC12. The third-order valence-electron chi connectivity index (χ3n) is 4.71. The normalized spacial score (nSPS) is 39.9. The van der Waals surface area contributed by atoms with E-state index in [4.69, 9.17) is 33.5 Å². The van der Waals surface area contributed by atoms with E-state index in [2.05, 4.69) is 0 Å². The van der Waals surface area contributed by atoms with Crippen LogP contribution in [0.3, 0.4) is 0 Å². The van der Waals surface area contributed by atoms with E-state index < -0.39 is 60.1 Å². The Bertz CT molecular complexity index is 573. The van der Waals surface area contributed by atoms with Gasteiger partial charge in [0, 0.05) is 7.11 Å². The van der Waals surface area contributed by atoms with E-state index in [1.54, 1.807) is 27.7 Å². The topological polar surface area (TPSA) is 110 Å². The number of esters is 1. The smallest absolute Gasteiger partial charge is 0.306 e. The highest BCUT2D eigenvalue weighted by atomic mass is 16.8. The van der Waals surface area contributed by atoms with Crippen molar-refractivity contribution < 1.29 is 43.1 Å². The molecule has 148 valence electrons. The lowest BCUT2D eigenvalue weighted by atomic mass is 9.84. The van der Waals surface area contributed by atoms with Gasteiger partial charge in [-0.15, -0.1) is 0 Å². The number of ether oxygens (including phenoxy) is 6. The van der Waals surface area contributed by atoms with Gasteiger partial charge < -0.3 is 33.5 Å². The molecule has 0 radical (unpaired) electrons. The van der Waals surface area contributed by atoms with Crippen LogP contribution in [0.2, 0.25) is 0 Å². The predicted octanol–water partition coefficient (Wildman–Crippen LogP) is 0.832. The van der Waals surface area contributed by atoms with E-state index >= 15 is 0 Å². The lowest BCUT2D eigenvalue weighted by molar-refractivity contribution is -0.204. The Morgan fingerprint density at radius 3 is 1.77 bits per heavy atom. The number of hydrogen-bond donors (Lipinski definition) is 1. The van der Waals surface area contributed by atoms with Gasteiger partial charge in [-0.1, -0.05) is 0 Å². The van der Waals surface area contributed by atoms with Crippen LogP contribution in [-0.2, 0) is 38.0 Å². The third kappa shape index (κ3) is 3.72. The van der Waals surface area contributed by atoms with Gasteiger partial charge in [-0.3, -0.25) is 9.59 Å². The first-order chi connectivity index (χ1) is 12.0. The number of carboxylic acids is 1. The summed E-state index contributed by atoms with van der Waals surface area (Å²) in [7, 11) is 1.50. The van der Waals surface area contributed by atoms with Crippen molar-refractivity contribution in [3.63, 3.8) is 0 Å². The average Bonchev–Trinajstić information content (AvgIpc) is 3.00. The summed E-state index contributed by atoms with van der Waals surface area (Å²) in [5.41, 5.74) is 0. The van der Waals surface area contributed by atoms with Crippen LogP contribution in [-0.4, -0.2) is 72.4 Å². The van der Waals surface area contributed by atoms with Crippen LogP contribution in [0.25, 0.3) is 0 Å². The minimum Gasteiger partial charge on any atom is -0.481 e. The molecule has 2 aliphatic heterocycles. The third-order valence-corrected chi connectivity index (χ3v) is 4.71. The van der Waals surface area contributed by atoms with E-state index in [1.807, 2.05) is 0 Å². The fourth-order valence-corrected chi connectivity index (χ4v) is 3.85. The summed E-state index contributed by atoms with van der Waals surface area (Å²) in [4.78, 5) is 22.8. The van der Waals surface area contributed by atoms with E-state index in [0.717, 1.165) is 0 Å². The zero-order valence-corrected chi connectivity index (χ0v) is 15.6. The summed E-state index contributed by atoms with van der Waals surface area (Å²) < 4.78 is 35.1. The number of carboxylic acid groups (broad SMARTS) is 1. The van der Waals surface area contributed by atoms with Gasteiger partial charge in [-0.25, -0.2) is 0 Å². The highest BCUT2D eigenvalue weighted by Crippen LogP contribution is 2.46. The highest BCUT2D eigenvalue weighted by molar-refractivity contribution is 5.76. The van der Waals surface area contributed by atoms with Crippen LogP contribution in [0, 0.1) is 0 Å². The first kappa shape index (κ1) is 19.5. The van der Waals surface area contributed by atoms with Crippen molar-refractivity contribution in [2.24, 2.45) is 0 Å². The highest BCUT2D eigenvalue weighted by Gasteiger charge is 2.64. The zero-order chi connectivity index (χ0) is 19.3. The van der Waals surface area contributed by atoms with Crippen LogP contribution in [0.4, 0.5) is 0 Å². The summed E-state index contributed by atoms with van der Waals surface area (Å²) in [5.74, 6) is -3.43. The van der Waals surface area contributed by atoms with Gasteiger partial charge in [0.05, 0.1) is 12.8 Å². The standard InChI is InChI=1S/C17H26O9/c1-16(2)23-12-10(21-5)11(22-9(20)7-6-8(18)19)13-15(14(12)25-16)26-17(3,4)24-13/h10-15H,6-7H2,1-5H3,(H,18,19). The molecule has 26 heavy (non-hydrogen) atoms. The van der Waals surface area contributed by atoms with Crippen LogP contribution in [0.1, 0.15) is 40.5 Å². The molecule has 0 bridgehead atoms. The van der Waals surface area contributed by atoms with E-state index in [-0.39, 0.29) is 12.8 Å². The van der Waals surface area contributed by atoms with Crippen molar-refractivity contribution in [2.45, 2.75) is 88.7 Å². The van der Waals surface area contributed by atoms with Crippen molar-refractivity contribution in [2.75, 3.05) is 7.11 Å². The Morgan fingerprint density at radius 1 is 0.846 bits per heavy atom. The number of hydrogen-bond acceptors (Lipinski definition) is 8. The molecular formula is C17H26O9. The number of methoxy groups -OCH3 is 1. The summed E-state index contributed by atoms with van der Waals surface area (Å²) in [6.45, 7) is 7.13. The van der Waals surface area contributed by atoms with Gasteiger partial charge in [0.1, 0.15) is 30.5 Å². The van der Waals surface area contributed by atoms with E-state index in [1.165, 1.54) is 7.11 Å². The number of carbonyl (C=O) groups is 2. The molecule has 1 aliphatic carbocycles. The average molecular weight is 374 g/mol. The second-order valence-electron chi connectivity index (χ2n) is 7.68. The summed E-state index contributed by atoms with van der Waals surface area (Å²) in [5, 5.41) is 8.75. The fourth-order valence-electron chi connectivity index (χ4n) is 3.85. The Morgan fingerprint density at radius 2 is 1.31 bits per heavy atom. The van der Waals surface area contributed by atoms with Gasteiger partial charge in [-0.2, -0.15) is 0 Å². The maximum atomic E-state index is 12.1. The molecule has 0 spiro atoms. The Kier molecular flexibility index (Phi) is 5.04. The second kappa shape index (κ2) is 6.72. The lowest BCUT2D eigenvalue weighted by Gasteiger charge is -2.41. The van der Waals surface area contributed by atoms with Gasteiger partial charge >= 0.3 is 11.9 Å². The van der Waals surface area contributed by atoms with Crippen molar-refractivity contribution in [1.82, 2.24) is 0 Å². The fraction of sp³-hybridized carbons (Fsp3) is 0.882. The monoisotopic (exact) mass is 374 g/mol. The number of fused-ring (bicyclic) bond motifs is 3. The number of aliphatic carboxylic acids is 1. The lowest BCUT2D eigenvalue weighted by Crippen LogP contribution is -2.63. The molecule has 0 aromatic heterocycles. The summed E-state index contributed by atoms with van der Waals surface area (Å²) in [6.07, 6.45) is -4.02. The first-order valence-corrected chi connectivity index (χ1v) is 8.68. The molecule has 6 unspecified atom stereocenters. The maximum Gasteiger partial charge on any atom is 0.306 e. The molecule has 9 heteroatoms. The Hall–Kier alpha value is -1.26. The molecular weight excluding hydrogens is 348 g/mol. The molecule has 3 rings (SSSR count). The van der Waals surface area contributed by atoms with Crippen LogP contribution < -0.4 is 0 Å². The summed E-state index contributed by atoms with van der Waals surface area (Å²) in [6, 6.07) is 0. The Balaban J connectivity index is 1.84. The van der Waals surface area contributed by atoms with Gasteiger partial charge in [0.25, 0.3) is 0 Å². The van der Waals surface area contributed by atoms with Crippen LogP contribution in [0.5, 0.6) is 0 Å². The quantitative estimate of drug-likeness (QED) is 0.700. The van der Waals surface area contributed by atoms with Crippen LogP contribution in [0.15, 0.2) is 0 Å². The maximum absolute atomic E-state index is 12.1. The van der Waals surface area contributed by atoms with E-state index in [0.29, 0.717) is 0 Å². The van der Waals surface area contributed by atoms with Crippen molar-refractivity contribution >= 4 is 11.9 Å². The molecule has 9 nitrogen and oxygen atoms in total. The molecule has 0 aromatic carbocycles. The molecule has 1 saturated carbocycles. The number of rotatable bonds is 5.